The topological polar surface area (TPSA) is 44.4 Å². The third-order valence-electron chi connectivity index (χ3n) is 6.25. The van der Waals surface area contributed by atoms with Crippen molar-refractivity contribution in [1.82, 2.24) is 15.5 Å². The molecule has 2 fully saturated rings. The summed E-state index contributed by atoms with van der Waals surface area (Å²) in [5.74, 6) is 1.60. The van der Waals surface area contributed by atoms with Crippen molar-refractivity contribution in [3.63, 3.8) is 0 Å². The van der Waals surface area contributed by atoms with Gasteiger partial charge in [0.2, 0.25) is 5.91 Å². The van der Waals surface area contributed by atoms with E-state index in [2.05, 4.69) is 50.4 Å². The molecular weight excluding hydrogens is 262 g/mol. The lowest BCUT2D eigenvalue weighted by Gasteiger charge is -2.48. The average Bonchev–Trinajstić information content (AvgIpc) is 2.92. The summed E-state index contributed by atoms with van der Waals surface area (Å²) in [6.45, 7) is 9.33. The molecule has 2 N–H and O–H groups in total. The first kappa shape index (κ1) is 16.8. The first-order chi connectivity index (χ1) is 9.77. The summed E-state index contributed by atoms with van der Waals surface area (Å²) in [6, 6.07) is 0. The third kappa shape index (κ3) is 3.26. The van der Waals surface area contributed by atoms with Gasteiger partial charge in [0.05, 0.1) is 6.54 Å². The molecule has 122 valence electrons. The fraction of sp³-hybridized carbons (Fsp3) is 0.941. The summed E-state index contributed by atoms with van der Waals surface area (Å²) in [5, 5.41) is 6.63. The Morgan fingerprint density at radius 3 is 2.43 bits per heavy atom. The van der Waals surface area contributed by atoms with Gasteiger partial charge in [0.1, 0.15) is 0 Å². The zero-order valence-corrected chi connectivity index (χ0v) is 14.5. The Hall–Kier alpha value is -0.610. The zero-order chi connectivity index (χ0) is 15.7. The lowest BCUT2D eigenvalue weighted by Crippen LogP contribution is -2.60. The highest BCUT2D eigenvalue weighted by Crippen LogP contribution is 2.61. The van der Waals surface area contributed by atoms with Crippen molar-refractivity contribution in [2.45, 2.75) is 52.0 Å². The lowest BCUT2D eigenvalue weighted by molar-refractivity contribution is -0.124. The van der Waals surface area contributed by atoms with E-state index in [1.807, 2.05) is 0 Å². The molecule has 4 nitrogen and oxygen atoms in total. The fourth-order valence-corrected chi connectivity index (χ4v) is 4.43. The quantitative estimate of drug-likeness (QED) is 0.705. The molecule has 3 atom stereocenters. The summed E-state index contributed by atoms with van der Waals surface area (Å²) in [5.41, 5.74) is 0.189. The number of carbonyl (C=O) groups excluding carboxylic acids is 1. The van der Waals surface area contributed by atoms with E-state index in [0.29, 0.717) is 12.5 Å². The number of hydrogen-bond donors (Lipinski definition) is 2. The Labute approximate surface area is 130 Å². The van der Waals surface area contributed by atoms with Crippen molar-refractivity contribution in [3.05, 3.63) is 0 Å². The van der Waals surface area contributed by atoms with Gasteiger partial charge in [0.25, 0.3) is 0 Å². The second kappa shape index (κ2) is 6.25. The first-order valence-electron chi connectivity index (χ1n) is 8.44. The van der Waals surface area contributed by atoms with Crippen LogP contribution in [0.1, 0.15) is 46.5 Å². The molecule has 2 aliphatic rings. The maximum atomic E-state index is 12.3. The molecule has 4 heteroatoms. The molecule has 0 aromatic rings. The SMILES string of the molecule is CN(C)CCCNCC(=O)NC1(C)C2CCC(C2)C1(C)C. The van der Waals surface area contributed by atoms with Crippen molar-refractivity contribution in [2.75, 3.05) is 33.7 Å². The molecule has 21 heavy (non-hydrogen) atoms. The highest BCUT2D eigenvalue weighted by atomic mass is 16.2. The first-order valence-corrected chi connectivity index (χ1v) is 8.44. The van der Waals surface area contributed by atoms with Crippen molar-refractivity contribution >= 4 is 5.91 Å². The van der Waals surface area contributed by atoms with E-state index in [4.69, 9.17) is 0 Å². The van der Waals surface area contributed by atoms with E-state index in [1.165, 1.54) is 19.3 Å². The molecule has 2 bridgehead atoms. The molecule has 0 spiro atoms. The number of carbonyl (C=O) groups is 1. The third-order valence-corrected chi connectivity index (χ3v) is 6.25. The Kier molecular flexibility index (Phi) is 4.99. The van der Waals surface area contributed by atoms with Crippen LogP contribution in [0.25, 0.3) is 0 Å². The summed E-state index contributed by atoms with van der Waals surface area (Å²) < 4.78 is 0. The van der Waals surface area contributed by atoms with Crippen LogP contribution in [0.4, 0.5) is 0 Å². The van der Waals surface area contributed by atoms with Gasteiger partial charge >= 0.3 is 0 Å². The minimum atomic E-state index is -0.0294. The van der Waals surface area contributed by atoms with Crippen LogP contribution in [-0.2, 0) is 4.79 Å². The Morgan fingerprint density at radius 2 is 1.86 bits per heavy atom. The van der Waals surface area contributed by atoms with Crippen LogP contribution in [0.3, 0.4) is 0 Å². The summed E-state index contributed by atoms with van der Waals surface area (Å²) in [4.78, 5) is 14.4. The molecule has 2 saturated carbocycles. The summed E-state index contributed by atoms with van der Waals surface area (Å²) in [7, 11) is 4.15. The van der Waals surface area contributed by atoms with E-state index in [0.717, 1.165) is 25.4 Å². The van der Waals surface area contributed by atoms with Crippen LogP contribution in [-0.4, -0.2) is 50.1 Å². The normalized spacial score (nSPS) is 33.6. The molecule has 0 aromatic carbocycles. The molecule has 0 aliphatic heterocycles. The molecule has 2 rings (SSSR count). The standard InChI is InChI=1S/C17H33N3O/c1-16(2)13-7-8-14(11-13)17(16,3)19-15(21)12-18-9-6-10-20(4)5/h13-14,18H,6-12H2,1-5H3,(H,19,21). The highest BCUT2D eigenvalue weighted by Gasteiger charge is 2.60. The Morgan fingerprint density at radius 1 is 1.19 bits per heavy atom. The molecule has 0 radical (unpaired) electrons. The number of nitrogens with one attached hydrogen (secondary N) is 2. The van der Waals surface area contributed by atoms with E-state index in [-0.39, 0.29) is 16.9 Å². The van der Waals surface area contributed by atoms with Gasteiger partial charge in [-0.15, -0.1) is 0 Å². The van der Waals surface area contributed by atoms with Gasteiger partial charge in [0.15, 0.2) is 0 Å². The van der Waals surface area contributed by atoms with Crippen LogP contribution in [0.2, 0.25) is 0 Å². The number of hydrogen-bond acceptors (Lipinski definition) is 3. The highest BCUT2D eigenvalue weighted by molar-refractivity contribution is 5.79. The molecule has 0 heterocycles. The van der Waals surface area contributed by atoms with Crippen LogP contribution in [0.15, 0.2) is 0 Å². The maximum absolute atomic E-state index is 12.3. The Balaban J connectivity index is 1.77. The van der Waals surface area contributed by atoms with Gasteiger partial charge in [-0.3, -0.25) is 4.79 Å². The predicted molar refractivity (Wildman–Crippen MR) is 87.2 cm³/mol. The number of nitrogens with zero attached hydrogens (tertiary/aromatic N) is 1. The van der Waals surface area contributed by atoms with Crippen LogP contribution in [0, 0.1) is 17.3 Å². The fourth-order valence-electron chi connectivity index (χ4n) is 4.43. The smallest absolute Gasteiger partial charge is 0.234 e. The van der Waals surface area contributed by atoms with E-state index >= 15 is 0 Å². The minimum Gasteiger partial charge on any atom is -0.349 e. The van der Waals surface area contributed by atoms with Gasteiger partial charge in [-0.05, 0) is 77.0 Å². The van der Waals surface area contributed by atoms with Crippen LogP contribution < -0.4 is 10.6 Å². The van der Waals surface area contributed by atoms with Crippen molar-refractivity contribution in [1.29, 1.82) is 0 Å². The van der Waals surface area contributed by atoms with Gasteiger partial charge in [-0.1, -0.05) is 13.8 Å². The molecular formula is C17H33N3O. The lowest BCUT2D eigenvalue weighted by atomic mass is 9.64. The van der Waals surface area contributed by atoms with E-state index in [9.17, 15) is 4.79 Å². The molecule has 0 saturated heterocycles. The van der Waals surface area contributed by atoms with Gasteiger partial charge in [0, 0.05) is 5.54 Å². The van der Waals surface area contributed by atoms with Gasteiger partial charge in [-0.2, -0.15) is 0 Å². The number of rotatable bonds is 7. The van der Waals surface area contributed by atoms with Gasteiger partial charge < -0.3 is 15.5 Å². The van der Waals surface area contributed by atoms with Crippen molar-refractivity contribution < 1.29 is 4.79 Å². The second-order valence-corrected chi connectivity index (χ2v) is 8.01. The molecule has 3 unspecified atom stereocenters. The summed E-state index contributed by atoms with van der Waals surface area (Å²) in [6.07, 6.45) is 4.99. The Bertz CT molecular complexity index is 380. The van der Waals surface area contributed by atoms with Gasteiger partial charge in [-0.25, -0.2) is 0 Å². The summed E-state index contributed by atoms with van der Waals surface area (Å²) >= 11 is 0. The zero-order valence-electron chi connectivity index (χ0n) is 14.5. The predicted octanol–water partition coefficient (Wildman–Crippen LogP) is 1.86. The monoisotopic (exact) mass is 295 g/mol. The molecule has 1 amide bonds. The maximum Gasteiger partial charge on any atom is 0.234 e. The van der Waals surface area contributed by atoms with Crippen molar-refractivity contribution in [3.8, 4) is 0 Å². The minimum absolute atomic E-state index is 0.0294. The van der Waals surface area contributed by atoms with Crippen molar-refractivity contribution in [2.24, 2.45) is 17.3 Å². The van der Waals surface area contributed by atoms with Crippen LogP contribution >= 0.6 is 0 Å². The average molecular weight is 295 g/mol. The second-order valence-electron chi connectivity index (χ2n) is 8.01. The van der Waals surface area contributed by atoms with E-state index in [1.54, 1.807) is 0 Å². The largest absolute Gasteiger partial charge is 0.349 e. The molecule has 2 aliphatic carbocycles. The number of amides is 1. The number of fused-ring (bicyclic) bond motifs is 2. The van der Waals surface area contributed by atoms with E-state index < -0.39 is 0 Å². The molecule has 0 aromatic heterocycles. The van der Waals surface area contributed by atoms with Crippen LogP contribution in [0.5, 0.6) is 0 Å².